The second kappa shape index (κ2) is 5.38. The van der Waals surface area contributed by atoms with Crippen LogP contribution in [0.15, 0.2) is 28.7 Å². The molecule has 2 aromatic rings. The number of nitrogens with two attached hydrogens (primary N) is 1. The average Bonchev–Trinajstić information content (AvgIpc) is 3.14. The second-order valence-electron chi connectivity index (χ2n) is 4.79. The third-order valence-corrected chi connectivity index (χ3v) is 6.38. The molecule has 100 valence electrons. The molecule has 1 saturated carbocycles. The maximum absolute atomic E-state index is 6.31. The Labute approximate surface area is 134 Å². The van der Waals surface area contributed by atoms with E-state index in [4.69, 9.17) is 28.9 Å². The molecular formula is C14H12BrCl2NS. The quantitative estimate of drug-likeness (QED) is 0.663. The van der Waals surface area contributed by atoms with Crippen LogP contribution in [-0.2, 0) is 0 Å². The summed E-state index contributed by atoms with van der Waals surface area (Å²) in [4.78, 5) is 2.35. The molecule has 1 aromatic carbocycles. The van der Waals surface area contributed by atoms with Gasteiger partial charge in [-0.05, 0) is 52.9 Å². The Hall–Kier alpha value is -0.0600. The number of benzene rings is 1. The lowest BCUT2D eigenvalue weighted by Gasteiger charge is -2.07. The van der Waals surface area contributed by atoms with Crippen LogP contribution in [0.3, 0.4) is 0 Å². The number of halogens is 3. The first-order valence-corrected chi connectivity index (χ1v) is 8.43. The van der Waals surface area contributed by atoms with Gasteiger partial charge in [-0.2, -0.15) is 0 Å². The van der Waals surface area contributed by atoms with Crippen molar-refractivity contribution < 1.29 is 0 Å². The fourth-order valence-electron chi connectivity index (χ4n) is 2.08. The first kappa shape index (κ1) is 13.9. The topological polar surface area (TPSA) is 26.0 Å². The largest absolute Gasteiger partial charge is 0.323 e. The molecule has 1 aliphatic carbocycles. The molecule has 1 aromatic heterocycles. The molecule has 1 heterocycles. The fourth-order valence-corrected chi connectivity index (χ4v) is 4.15. The summed E-state index contributed by atoms with van der Waals surface area (Å²) in [5.74, 6) is 0.662. The van der Waals surface area contributed by atoms with Crippen LogP contribution < -0.4 is 5.73 Å². The van der Waals surface area contributed by atoms with Crippen molar-refractivity contribution in [2.45, 2.75) is 18.9 Å². The molecule has 0 saturated heterocycles. The zero-order chi connectivity index (χ0) is 13.6. The lowest BCUT2D eigenvalue weighted by atomic mass is 10.1. The van der Waals surface area contributed by atoms with Gasteiger partial charge in [0.2, 0.25) is 0 Å². The van der Waals surface area contributed by atoms with Gasteiger partial charge in [-0.15, -0.1) is 11.3 Å². The minimum absolute atomic E-state index is 0.170. The highest BCUT2D eigenvalue weighted by Gasteiger charge is 2.30. The van der Waals surface area contributed by atoms with E-state index in [0.29, 0.717) is 16.0 Å². The van der Waals surface area contributed by atoms with Crippen LogP contribution in [0.5, 0.6) is 0 Å². The molecular weight excluding hydrogens is 365 g/mol. The van der Waals surface area contributed by atoms with Crippen molar-refractivity contribution >= 4 is 50.5 Å². The predicted octanol–water partition coefficient (Wildman–Crippen LogP) is 5.89. The van der Waals surface area contributed by atoms with E-state index in [1.54, 1.807) is 11.3 Å². The van der Waals surface area contributed by atoms with E-state index in [-0.39, 0.29) is 6.04 Å². The van der Waals surface area contributed by atoms with Gasteiger partial charge in [0.15, 0.2) is 0 Å². The van der Waals surface area contributed by atoms with Crippen LogP contribution in [0.2, 0.25) is 10.0 Å². The monoisotopic (exact) mass is 375 g/mol. The summed E-state index contributed by atoms with van der Waals surface area (Å²) in [5.41, 5.74) is 7.19. The standard InChI is InChI=1S/C14H12BrCl2NS/c15-9-4-3-8(12(16)13(9)17)10-5-6-11(19-10)14(18)7-1-2-7/h3-7,14H,1-2,18H2. The van der Waals surface area contributed by atoms with Gasteiger partial charge in [-0.25, -0.2) is 0 Å². The zero-order valence-corrected chi connectivity index (χ0v) is 13.9. The van der Waals surface area contributed by atoms with Gasteiger partial charge in [0.05, 0.1) is 10.0 Å². The summed E-state index contributed by atoms with van der Waals surface area (Å²) in [6.07, 6.45) is 2.50. The predicted molar refractivity (Wildman–Crippen MR) is 87.1 cm³/mol. The summed E-state index contributed by atoms with van der Waals surface area (Å²) >= 11 is 17.6. The number of rotatable bonds is 3. The molecule has 5 heteroatoms. The van der Waals surface area contributed by atoms with E-state index < -0.39 is 0 Å². The molecule has 1 atom stereocenters. The van der Waals surface area contributed by atoms with Crippen LogP contribution in [0.25, 0.3) is 10.4 Å². The normalized spacial score (nSPS) is 16.6. The number of thiophene rings is 1. The first-order valence-electron chi connectivity index (χ1n) is 6.07. The third-order valence-electron chi connectivity index (χ3n) is 3.39. The lowest BCUT2D eigenvalue weighted by molar-refractivity contribution is 0.645. The van der Waals surface area contributed by atoms with Crippen molar-refractivity contribution in [1.82, 2.24) is 0 Å². The lowest BCUT2D eigenvalue weighted by Crippen LogP contribution is -2.10. The maximum Gasteiger partial charge on any atom is 0.0740 e. The van der Waals surface area contributed by atoms with E-state index in [0.717, 1.165) is 14.9 Å². The van der Waals surface area contributed by atoms with E-state index in [9.17, 15) is 0 Å². The maximum atomic E-state index is 6.31. The van der Waals surface area contributed by atoms with Crippen molar-refractivity contribution in [2.24, 2.45) is 11.7 Å². The molecule has 2 N–H and O–H groups in total. The van der Waals surface area contributed by atoms with Crippen LogP contribution in [0, 0.1) is 5.92 Å². The zero-order valence-electron chi connectivity index (χ0n) is 10.00. The summed E-state index contributed by atoms with van der Waals surface area (Å²) < 4.78 is 0.814. The van der Waals surface area contributed by atoms with Crippen molar-refractivity contribution in [1.29, 1.82) is 0 Å². The first-order chi connectivity index (χ1) is 9.08. The van der Waals surface area contributed by atoms with Gasteiger partial charge < -0.3 is 5.73 Å². The van der Waals surface area contributed by atoms with Crippen molar-refractivity contribution in [3.05, 3.63) is 43.7 Å². The molecule has 1 aliphatic rings. The Morgan fingerprint density at radius 1 is 1.16 bits per heavy atom. The molecule has 0 bridgehead atoms. The van der Waals surface area contributed by atoms with Gasteiger partial charge in [0.1, 0.15) is 0 Å². The van der Waals surface area contributed by atoms with Crippen LogP contribution in [0.1, 0.15) is 23.8 Å². The number of hydrogen-bond donors (Lipinski definition) is 1. The van der Waals surface area contributed by atoms with Crippen LogP contribution >= 0.6 is 50.5 Å². The smallest absolute Gasteiger partial charge is 0.0740 e. The third kappa shape index (κ3) is 2.72. The van der Waals surface area contributed by atoms with Crippen LogP contribution in [-0.4, -0.2) is 0 Å². The summed E-state index contributed by atoms with van der Waals surface area (Å²) in [6.45, 7) is 0. The van der Waals surface area contributed by atoms with E-state index >= 15 is 0 Å². The molecule has 1 nitrogen and oxygen atoms in total. The molecule has 0 aliphatic heterocycles. The summed E-state index contributed by atoms with van der Waals surface area (Å²) in [6, 6.07) is 8.26. The Morgan fingerprint density at radius 2 is 1.89 bits per heavy atom. The van der Waals surface area contributed by atoms with Gasteiger partial charge in [0.25, 0.3) is 0 Å². The summed E-state index contributed by atoms with van der Waals surface area (Å²) in [5, 5.41) is 1.14. The van der Waals surface area contributed by atoms with Gasteiger partial charge >= 0.3 is 0 Å². The van der Waals surface area contributed by atoms with Crippen molar-refractivity contribution in [2.75, 3.05) is 0 Å². The summed E-state index contributed by atoms with van der Waals surface area (Å²) in [7, 11) is 0. The average molecular weight is 377 g/mol. The molecule has 19 heavy (non-hydrogen) atoms. The van der Waals surface area contributed by atoms with E-state index in [1.807, 2.05) is 12.1 Å². The van der Waals surface area contributed by atoms with Gasteiger partial charge in [-0.1, -0.05) is 29.3 Å². The highest BCUT2D eigenvalue weighted by Crippen LogP contribution is 2.45. The Morgan fingerprint density at radius 3 is 2.58 bits per heavy atom. The van der Waals surface area contributed by atoms with Crippen LogP contribution in [0.4, 0.5) is 0 Å². The fraction of sp³-hybridized carbons (Fsp3) is 0.286. The minimum Gasteiger partial charge on any atom is -0.323 e. The van der Waals surface area contributed by atoms with Crippen molar-refractivity contribution in [3.63, 3.8) is 0 Å². The van der Waals surface area contributed by atoms with E-state index in [1.165, 1.54) is 17.7 Å². The van der Waals surface area contributed by atoms with Crippen molar-refractivity contribution in [3.8, 4) is 10.4 Å². The second-order valence-corrected chi connectivity index (χ2v) is 7.51. The Bertz CT molecular complexity index is 622. The molecule has 3 rings (SSSR count). The van der Waals surface area contributed by atoms with Gasteiger partial charge in [-0.3, -0.25) is 0 Å². The van der Waals surface area contributed by atoms with E-state index in [2.05, 4.69) is 28.1 Å². The Balaban J connectivity index is 1.96. The molecule has 1 unspecified atom stereocenters. The molecule has 0 radical (unpaired) electrons. The number of hydrogen-bond acceptors (Lipinski definition) is 2. The molecule has 0 spiro atoms. The highest BCUT2D eigenvalue weighted by molar-refractivity contribution is 9.10. The minimum atomic E-state index is 0.170. The SMILES string of the molecule is NC(c1ccc(-c2ccc(Br)c(Cl)c2Cl)s1)C1CC1. The molecule has 1 fully saturated rings. The molecule has 0 amide bonds. The highest BCUT2D eigenvalue weighted by atomic mass is 79.9. The van der Waals surface area contributed by atoms with Gasteiger partial charge in [0, 0.05) is 25.8 Å². The Kier molecular flexibility index (Phi) is 3.93.